The molecule has 280 valence electrons. The third-order valence-electron chi connectivity index (χ3n) is 13.9. The van der Waals surface area contributed by atoms with Crippen LogP contribution in [0, 0.1) is 0 Å². The van der Waals surface area contributed by atoms with Crippen LogP contribution in [0.4, 0.5) is 17.1 Å². The zero-order valence-corrected chi connectivity index (χ0v) is 34.2. The minimum Gasteiger partial charge on any atom is -0.310 e. The lowest BCUT2D eigenvalue weighted by Gasteiger charge is -2.28. The molecule has 0 atom stereocenters. The average Bonchev–Trinajstić information content (AvgIpc) is 3.73. The summed E-state index contributed by atoms with van der Waals surface area (Å²) in [5, 5.41) is 0. The van der Waals surface area contributed by atoms with Gasteiger partial charge in [0.25, 0.3) is 0 Å². The molecule has 1 nitrogen and oxygen atoms in total. The molecular formula is C57H47N. The van der Waals surface area contributed by atoms with Gasteiger partial charge in [0, 0.05) is 33.3 Å². The summed E-state index contributed by atoms with van der Waals surface area (Å²) in [6.45, 7) is 14.2. The van der Waals surface area contributed by atoms with Crippen molar-refractivity contribution in [2.45, 2.75) is 57.8 Å². The molecule has 0 spiro atoms. The van der Waals surface area contributed by atoms with Crippen LogP contribution in [0.15, 0.2) is 176 Å². The van der Waals surface area contributed by atoms with Gasteiger partial charge in [0.1, 0.15) is 0 Å². The standard InChI is InChI=1S/C57H47N/c1-55(2)51-24-12-9-21-45(51)48-35-42(27-30-52(48)55)58(40-17-13-15-36(31-40)38-25-28-46-43-19-7-10-22-49(43)56(3,4)53(46)33-38)41-18-14-16-37(32-41)39-26-29-47-44-20-8-11-23-50(44)57(5,6)54(47)34-39/h7-35H,1-6H3. The Morgan fingerprint density at radius 1 is 0.259 bits per heavy atom. The van der Waals surface area contributed by atoms with E-state index in [-0.39, 0.29) is 16.2 Å². The lowest BCUT2D eigenvalue weighted by atomic mass is 9.81. The van der Waals surface area contributed by atoms with Gasteiger partial charge in [-0.15, -0.1) is 0 Å². The van der Waals surface area contributed by atoms with Gasteiger partial charge in [0.15, 0.2) is 0 Å². The average molecular weight is 746 g/mol. The SMILES string of the molecule is CC1(C)c2ccccc2-c2cc(N(c3cccc(-c4ccc5c(c4)C(C)(C)c4ccccc4-5)c3)c3cccc(-c4ccc5c(c4)C(C)(C)c4ccccc4-5)c3)ccc21. The number of rotatable bonds is 5. The Kier molecular flexibility index (Phi) is 7.36. The van der Waals surface area contributed by atoms with Gasteiger partial charge in [-0.2, -0.15) is 0 Å². The zero-order valence-electron chi connectivity index (χ0n) is 34.2. The predicted molar refractivity (Wildman–Crippen MR) is 245 cm³/mol. The highest BCUT2D eigenvalue weighted by Gasteiger charge is 2.38. The molecule has 3 aliphatic carbocycles. The van der Waals surface area contributed by atoms with Gasteiger partial charge in [0.05, 0.1) is 0 Å². The summed E-state index contributed by atoms with van der Waals surface area (Å²) in [6, 6.07) is 66.3. The number of hydrogen-bond donors (Lipinski definition) is 0. The number of nitrogens with zero attached hydrogens (tertiary/aromatic N) is 1. The summed E-state index contributed by atoms with van der Waals surface area (Å²) < 4.78 is 0. The zero-order chi connectivity index (χ0) is 39.6. The topological polar surface area (TPSA) is 3.24 Å². The molecule has 0 amide bonds. The van der Waals surface area contributed by atoms with Crippen LogP contribution in [0.2, 0.25) is 0 Å². The fourth-order valence-electron chi connectivity index (χ4n) is 10.7. The second-order valence-electron chi connectivity index (χ2n) is 18.2. The van der Waals surface area contributed by atoms with Crippen molar-refractivity contribution in [1.82, 2.24) is 0 Å². The Morgan fingerprint density at radius 2 is 0.621 bits per heavy atom. The van der Waals surface area contributed by atoms with Crippen molar-refractivity contribution in [1.29, 1.82) is 0 Å². The van der Waals surface area contributed by atoms with Crippen molar-refractivity contribution >= 4 is 17.1 Å². The third-order valence-corrected chi connectivity index (χ3v) is 13.9. The maximum Gasteiger partial charge on any atom is 0.0468 e. The van der Waals surface area contributed by atoms with Gasteiger partial charge in [0.2, 0.25) is 0 Å². The fraction of sp³-hybridized carbons (Fsp3) is 0.158. The molecule has 58 heavy (non-hydrogen) atoms. The Bertz CT molecular complexity index is 2840. The summed E-state index contributed by atoms with van der Waals surface area (Å²) >= 11 is 0. The highest BCUT2D eigenvalue weighted by Crippen LogP contribution is 2.53. The molecule has 8 aromatic rings. The summed E-state index contributed by atoms with van der Waals surface area (Å²) in [7, 11) is 0. The lowest BCUT2D eigenvalue weighted by Crippen LogP contribution is -2.15. The predicted octanol–water partition coefficient (Wildman–Crippen LogP) is 15.4. The molecule has 0 bridgehead atoms. The smallest absolute Gasteiger partial charge is 0.0468 e. The van der Waals surface area contributed by atoms with E-state index >= 15 is 0 Å². The van der Waals surface area contributed by atoms with Crippen molar-refractivity contribution in [3.8, 4) is 55.6 Å². The molecule has 11 rings (SSSR count). The molecule has 0 N–H and O–H groups in total. The van der Waals surface area contributed by atoms with Gasteiger partial charge in [-0.25, -0.2) is 0 Å². The Labute approximate surface area is 343 Å². The number of fused-ring (bicyclic) bond motifs is 9. The van der Waals surface area contributed by atoms with E-state index in [1.165, 1.54) is 89.0 Å². The summed E-state index contributed by atoms with van der Waals surface area (Å²) in [5.74, 6) is 0. The van der Waals surface area contributed by atoms with Crippen molar-refractivity contribution in [3.63, 3.8) is 0 Å². The summed E-state index contributed by atoms with van der Waals surface area (Å²) in [5.41, 5.74) is 24.5. The largest absolute Gasteiger partial charge is 0.310 e. The van der Waals surface area contributed by atoms with E-state index in [0.29, 0.717) is 0 Å². The molecule has 0 saturated carbocycles. The first-order chi connectivity index (χ1) is 28.0. The number of anilines is 3. The van der Waals surface area contributed by atoms with Gasteiger partial charge in [-0.3, -0.25) is 0 Å². The maximum absolute atomic E-state index is 2.46. The second kappa shape index (κ2) is 12.3. The first kappa shape index (κ1) is 34.8. The third kappa shape index (κ3) is 4.96. The Morgan fingerprint density at radius 3 is 1.10 bits per heavy atom. The van der Waals surface area contributed by atoms with Crippen molar-refractivity contribution in [2.75, 3.05) is 4.90 Å². The maximum atomic E-state index is 2.46. The van der Waals surface area contributed by atoms with Gasteiger partial charge in [-0.1, -0.05) is 169 Å². The molecule has 0 radical (unpaired) electrons. The van der Waals surface area contributed by atoms with Gasteiger partial charge in [-0.05, 0) is 138 Å². The molecule has 0 aliphatic heterocycles. The molecule has 0 heterocycles. The Hall–Kier alpha value is -6.44. The first-order valence-electron chi connectivity index (χ1n) is 20.8. The van der Waals surface area contributed by atoms with Gasteiger partial charge < -0.3 is 4.90 Å². The van der Waals surface area contributed by atoms with E-state index in [4.69, 9.17) is 0 Å². The van der Waals surface area contributed by atoms with Crippen molar-refractivity contribution < 1.29 is 0 Å². The van der Waals surface area contributed by atoms with Crippen LogP contribution in [0.1, 0.15) is 74.9 Å². The molecular weight excluding hydrogens is 699 g/mol. The molecule has 3 aliphatic rings. The van der Waals surface area contributed by atoms with Crippen molar-refractivity contribution in [3.05, 3.63) is 209 Å². The van der Waals surface area contributed by atoms with Gasteiger partial charge >= 0.3 is 0 Å². The minimum absolute atomic E-state index is 0.0584. The normalized spacial score (nSPS) is 15.5. The van der Waals surface area contributed by atoms with Crippen LogP contribution in [0.25, 0.3) is 55.6 Å². The van der Waals surface area contributed by atoms with E-state index in [2.05, 4.69) is 222 Å². The van der Waals surface area contributed by atoms with E-state index < -0.39 is 0 Å². The highest BCUT2D eigenvalue weighted by atomic mass is 15.1. The number of benzene rings is 8. The first-order valence-corrected chi connectivity index (χ1v) is 20.8. The quantitative estimate of drug-likeness (QED) is 0.170. The summed E-state index contributed by atoms with van der Waals surface area (Å²) in [6.07, 6.45) is 0. The number of hydrogen-bond acceptors (Lipinski definition) is 1. The summed E-state index contributed by atoms with van der Waals surface area (Å²) in [4.78, 5) is 2.46. The van der Waals surface area contributed by atoms with E-state index in [0.717, 1.165) is 17.1 Å². The highest BCUT2D eigenvalue weighted by molar-refractivity contribution is 5.90. The van der Waals surface area contributed by atoms with E-state index in [1.54, 1.807) is 0 Å². The fourth-order valence-corrected chi connectivity index (χ4v) is 10.7. The van der Waals surface area contributed by atoms with Crippen LogP contribution < -0.4 is 4.90 Å². The minimum atomic E-state index is -0.0595. The van der Waals surface area contributed by atoms with E-state index in [1.807, 2.05) is 0 Å². The lowest BCUT2D eigenvalue weighted by molar-refractivity contribution is 0.660. The van der Waals surface area contributed by atoms with Crippen molar-refractivity contribution in [2.24, 2.45) is 0 Å². The van der Waals surface area contributed by atoms with E-state index in [9.17, 15) is 0 Å². The second-order valence-corrected chi connectivity index (χ2v) is 18.2. The molecule has 0 fully saturated rings. The van der Waals surface area contributed by atoms with Crippen LogP contribution in [-0.2, 0) is 16.2 Å². The molecule has 0 unspecified atom stereocenters. The Balaban J connectivity index is 1.05. The molecule has 0 saturated heterocycles. The van der Waals surface area contributed by atoms with Crippen LogP contribution in [-0.4, -0.2) is 0 Å². The molecule has 8 aromatic carbocycles. The van der Waals surface area contributed by atoms with Crippen LogP contribution >= 0.6 is 0 Å². The van der Waals surface area contributed by atoms with Crippen LogP contribution in [0.5, 0.6) is 0 Å². The molecule has 1 heteroatoms. The monoisotopic (exact) mass is 745 g/mol. The van der Waals surface area contributed by atoms with Crippen LogP contribution in [0.3, 0.4) is 0 Å². The molecule has 0 aromatic heterocycles.